The first-order valence-electron chi connectivity index (χ1n) is 5.63. The highest BCUT2D eigenvalue weighted by Crippen LogP contribution is 2.12. The molecule has 1 aromatic carbocycles. The van der Waals surface area contributed by atoms with Crippen molar-refractivity contribution in [3.8, 4) is 5.95 Å². The third kappa shape index (κ3) is 1.89. The van der Waals surface area contributed by atoms with Crippen molar-refractivity contribution < 1.29 is 4.79 Å². The van der Waals surface area contributed by atoms with Crippen molar-refractivity contribution in [1.82, 2.24) is 14.5 Å². The maximum atomic E-state index is 11.8. The van der Waals surface area contributed by atoms with E-state index in [1.54, 1.807) is 0 Å². The Morgan fingerprint density at radius 2 is 2.00 bits per heavy atom. The highest BCUT2D eigenvalue weighted by atomic mass is 16.1. The zero-order valence-corrected chi connectivity index (χ0v) is 9.83. The molecule has 0 fully saturated rings. The van der Waals surface area contributed by atoms with Crippen LogP contribution in [0.15, 0.2) is 47.4 Å². The molecule has 2 aromatic heterocycles. The lowest BCUT2D eigenvalue weighted by atomic mass is 10.3. The zero-order chi connectivity index (χ0) is 13.4. The molecule has 6 nitrogen and oxygen atoms in total. The van der Waals surface area contributed by atoms with Crippen LogP contribution in [0.3, 0.4) is 0 Å². The van der Waals surface area contributed by atoms with E-state index in [1.807, 2.05) is 24.3 Å². The van der Waals surface area contributed by atoms with Crippen LogP contribution in [-0.2, 0) is 0 Å². The van der Waals surface area contributed by atoms with Crippen LogP contribution in [-0.4, -0.2) is 20.4 Å². The van der Waals surface area contributed by atoms with E-state index in [4.69, 9.17) is 5.73 Å². The Labute approximate surface area is 107 Å². The number of carbonyl (C=O) groups is 1. The molecular formula is C13H10N4O2. The van der Waals surface area contributed by atoms with Gasteiger partial charge in [-0.3, -0.25) is 14.2 Å². The number of benzene rings is 1. The summed E-state index contributed by atoms with van der Waals surface area (Å²) >= 11 is 0. The molecule has 0 unspecified atom stereocenters. The summed E-state index contributed by atoms with van der Waals surface area (Å²) in [6.45, 7) is 0. The largest absolute Gasteiger partial charge is 0.366 e. The van der Waals surface area contributed by atoms with Gasteiger partial charge in [-0.05, 0) is 18.2 Å². The number of aromatic amines is 1. The maximum Gasteiger partial charge on any atom is 0.257 e. The molecule has 0 saturated carbocycles. The van der Waals surface area contributed by atoms with Crippen LogP contribution in [0.5, 0.6) is 0 Å². The van der Waals surface area contributed by atoms with Gasteiger partial charge in [-0.1, -0.05) is 12.1 Å². The molecule has 1 amide bonds. The molecule has 94 valence electrons. The summed E-state index contributed by atoms with van der Waals surface area (Å²) in [5.74, 6) is -0.237. The Morgan fingerprint density at radius 3 is 2.74 bits per heavy atom. The molecule has 19 heavy (non-hydrogen) atoms. The number of rotatable bonds is 2. The lowest BCUT2D eigenvalue weighted by molar-refractivity contribution is 0.0999. The third-order valence-corrected chi connectivity index (χ3v) is 2.80. The van der Waals surface area contributed by atoms with Gasteiger partial charge in [0.15, 0.2) is 0 Å². The zero-order valence-electron chi connectivity index (χ0n) is 9.83. The Bertz CT molecular complexity index is 799. The van der Waals surface area contributed by atoms with Gasteiger partial charge in [0.25, 0.3) is 5.56 Å². The number of imidazole rings is 1. The first-order valence-corrected chi connectivity index (χ1v) is 5.63. The summed E-state index contributed by atoms with van der Waals surface area (Å²) in [5.41, 5.74) is 6.72. The predicted octanol–water partition coefficient (Wildman–Crippen LogP) is 0.813. The van der Waals surface area contributed by atoms with E-state index >= 15 is 0 Å². The number of primary amides is 1. The van der Waals surface area contributed by atoms with Crippen molar-refractivity contribution >= 4 is 16.9 Å². The number of pyridine rings is 1. The van der Waals surface area contributed by atoms with Crippen molar-refractivity contribution in [2.75, 3.05) is 0 Å². The van der Waals surface area contributed by atoms with Crippen molar-refractivity contribution in [1.29, 1.82) is 0 Å². The van der Waals surface area contributed by atoms with E-state index in [2.05, 4.69) is 9.97 Å². The fourth-order valence-electron chi connectivity index (χ4n) is 1.85. The minimum absolute atomic E-state index is 0.250. The number of hydrogen-bond donors (Lipinski definition) is 2. The number of H-pyrrole nitrogens is 1. The van der Waals surface area contributed by atoms with Gasteiger partial charge < -0.3 is 10.7 Å². The second-order valence-electron chi connectivity index (χ2n) is 4.07. The Morgan fingerprint density at radius 1 is 1.21 bits per heavy atom. The number of nitrogens with one attached hydrogen (secondary N) is 1. The van der Waals surface area contributed by atoms with Crippen LogP contribution >= 0.6 is 0 Å². The second-order valence-corrected chi connectivity index (χ2v) is 4.07. The van der Waals surface area contributed by atoms with E-state index in [9.17, 15) is 9.59 Å². The molecule has 0 aliphatic rings. The molecule has 2 heterocycles. The molecule has 0 aliphatic carbocycles. The van der Waals surface area contributed by atoms with Crippen LogP contribution < -0.4 is 11.3 Å². The van der Waals surface area contributed by atoms with E-state index in [0.717, 1.165) is 11.0 Å². The van der Waals surface area contributed by atoms with Crippen LogP contribution in [0.1, 0.15) is 10.4 Å². The molecule has 0 spiro atoms. The van der Waals surface area contributed by atoms with E-state index in [0.29, 0.717) is 5.95 Å². The smallest absolute Gasteiger partial charge is 0.257 e. The van der Waals surface area contributed by atoms with Gasteiger partial charge in [-0.2, -0.15) is 0 Å². The Balaban J connectivity index is 2.23. The van der Waals surface area contributed by atoms with Crippen molar-refractivity contribution in [3.63, 3.8) is 0 Å². The first kappa shape index (κ1) is 11.2. The van der Waals surface area contributed by atoms with Gasteiger partial charge in [0.05, 0.1) is 16.6 Å². The number of hydrogen-bond acceptors (Lipinski definition) is 3. The summed E-state index contributed by atoms with van der Waals surface area (Å²) in [6, 6.07) is 10.1. The number of nitrogens with zero attached hydrogens (tertiary/aromatic N) is 2. The minimum Gasteiger partial charge on any atom is -0.366 e. The summed E-state index contributed by atoms with van der Waals surface area (Å²) in [6.07, 6.45) is 1.38. The average Bonchev–Trinajstić information content (AvgIpc) is 2.82. The van der Waals surface area contributed by atoms with E-state index in [-0.39, 0.29) is 11.1 Å². The summed E-state index contributed by atoms with van der Waals surface area (Å²) in [5, 5.41) is 0. The number of para-hydroxylation sites is 2. The van der Waals surface area contributed by atoms with Crippen LogP contribution in [0.2, 0.25) is 0 Å². The van der Waals surface area contributed by atoms with Gasteiger partial charge in [-0.25, -0.2) is 4.98 Å². The van der Waals surface area contributed by atoms with Crippen molar-refractivity contribution in [2.24, 2.45) is 5.73 Å². The summed E-state index contributed by atoms with van der Waals surface area (Å²) < 4.78 is 1.26. The van der Waals surface area contributed by atoms with E-state index in [1.165, 1.54) is 22.9 Å². The Hall–Kier alpha value is -2.89. The van der Waals surface area contributed by atoms with Gasteiger partial charge in [0.1, 0.15) is 0 Å². The molecule has 6 heteroatoms. The molecule has 3 aromatic rings. The first-order chi connectivity index (χ1) is 9.15. The lowest BCUT2D eigenvalue weighted by Gasteiger charge is -2.02. The monoisotopic (exact) mass is 254 g/mol. The topological polar surface area (TPSA) is 93.8 Å². The van der Waals surface area contributed by atoms with Crippen LogP contribution in [0.25, 0.3) is 17.0 Å². The minimum atomic E-state index is -0.593. The van der Waals surface area contributed by atoms with Crippen molar-refractivity contribution in [2.45, 2.75) is 0 Å². The summed E-state index contributed by atoms with van der Waals surface area (Å²) in [4.78, 5) is 30.3. The standard InChI is InChI=1S/C13H10N4O2/c14-12(19)8-5-6-11(18)17(7-8)13-15-9-3-1-2-4-10(9)16-13/h1-7H,(H2,14,19)(H,15,16). The number of carbonyl (C=O) groups excluding carboxylic acids is 1. The summed E-state index contributed by atoms with van der Waals surface area (Å²) in [7, 11) is 0. The number of nitrogens with two attached hydrogens (primary N) is 1. The van der Waals surface area contributed by atoms with Crippen LogP contribution in [0, 0.1) is 0 Å². The van der Waals surface area contributed by atoms with Gasteiger partial charge >= 0.3 is 0 Å². The highest BCUT2D eigenvalue weighted by molar-refractivity contribution is 5.92. The van der Waals surface area contributed by atoms with Gasteiger partial charge in [0, 0.05) is 12.3 Å². The quantitative estimate of drug-likeness (QED) is 0.708. The lowest BCUT2D eigenvalue weighted by Crippen LogP contribution is -2.21. The van der Waals surface area contributed by atoms with Gasteiger partial charge in [0.2, 0.25) is 11.9 Å². The molecule has 0 bridgehead atoms. The molecule has 0 radical (unpaired) electrons. The number of amides is 1. The number of aromatic nitrogens is 3. The molecule has 3 rings (SSSR count). The molecular weight excluding hydrogens is 244 g/mol. The molecule has 0 saturated heterocycles. The van der Waals surface area contributed by atoms with E-state index < -0.39 is 5.91 Å². The normalized spacial score (nSPS) is 10.7. The Kier molecular flexibility index (Phi) is 2.42. The fourth-order valence-corrected chi connectivity index (χ4v) is 1.85. The van der Waals surface area contributed by atoms with Crippen molar-refractivity contribution in [3.05, 3.63) is 58.5 Å². The second kappa shape index (κ2) is 4.09. The maximum absolute atomic E-state index is 11.8. The number of fused-ring (bicyclic) bond motifs is 1. The molecule has 0 aliphatic heterocycles. The van der Waals surface area contributed by atoms with Gasteiger partial charge in [-0.15, -0.1) is 0 Å². The molecule has 3 N–H and O–H groups in total. The fraction of sp³-hybridized carbons (Fsp3) is 0. The highest BCUT2D eigenvalue weighted by Gasteiger charge is 2.08. The van der Waals surface area contributed by atoms with Crippen LogP contribution in [0.4, 0.5) is 0 Å². The average molecular weight is 254 g/mol. The molecule has 0 atom stereocenters. The predicted molar refractivity (Wildman–Crippen MR) is 70.2 cm³/mol. The third-order valence-electron chi connectivity index (χ3n) is 2.80. The SMILES string of the molecule is NC(=O)c1ccc(=O)n(-c2nc3ccccc3[nH]2)c1.